The third kappa shape index (κ3) is 2.41. The molecule has 0 spiro atoms. The Morgan fingerprint density at radius 2 is 2.54 bits per heavy atom. The topological polar surface area (TPSA) is 66.9 Å². The summed E-state index contributed by atoms with van der Waals surface area (Å²) in [7, 11) is 0. The van der Waals surface area contributed by atoms with Gasteiger partial charge < -0.3 is 0 Å². The number of allylic oxidation sites excluding steroid dienone is 2. The molecule has 1 unspecified atom stereocenters. The van der Waals surface area contributed by atoms with Crippen molar-refractivity contribution in [3.05, 3.63) is 33.9 Å². The van der Waals surface area contributed by atoms with Crippen molar-refractivity contribution in [3.63, 3.8) is 0 Å². The van der Waals surface area contributed by atoms with E-state index in [1.807, 2.05) is 6.92 Å². The first-order chi connectivity index (χ1) is 6.06. The predicted octanol–water partition coefficient (Wildman–Crippen LogP) is 1.68. The predicted molar refractivity (Wildman–Crippen MR) is 47.4 cm³/mol. The molecular formula is C9H10N2O2. The standard InChI is InChI=1S/C9H10N2O2/c1-9(7-10)4-2-8(3-5-9)6-11(12)13/h2-4H,5-6H2,1H3. The second-order valence-electron chi connectivity index (χ2n) is 3.34. The number of nitro groups is 1. The van der Waals surface area contributed by atoms with Gasteiger partial charge in [-0.2, -0.15) is 5.26 Å². The minimum atomic E-state index is -0.486. The molecule has 4 nitrogen and oxygen atoms in total. The van der Waals surface area contributed by atoms with Gasteiger partial charge in [-0.3, -0.25) is 10.1 Å². The lowest BCUT2D eigenvalue weighted by molar-refractivity contribution is -0.470. The zero-order valence-electron chi connectivity index (χ0n) is 7.36. The summed E-state index contributed by atoms with van der Waals surface area (Å²) in [5.74, 6) is 0. The fourth-order valence-electron chi connectivity index (χ4n) is 1.12. The van der Waals surface area contributed by atoms with Gasteiger partial charge in [0.05, 0.1) is 11.5 Å². The van der Waals surface area contributed by atoms with Crippen LogP contribution in [0, 0.1) is 26.9 Å². The lowest BCUT2D eigenvalue weighted by Crippen LogP contribution is -2.14. The van der Waals surface area contributed by atoms with Crippen LogP contribution in [0.25, 0.3) is 0 Å². The molecule has 1 rings (SSSR count). The summed E-state index contributed by atoms with van der Waals surface area (Å²) < 4.78 is 0. The summed E-state index contributed by atoms with van der Waals surface area (Å²) >= 11 is 0. The molecule has 0 saturated carbocycles. The van der Waals surface area contributed by atoms with Gasteiger partial charge in [0.1, 0.15) is 0 Å². The van der Waals surface area contributed by atoms with Crippen molar-refractivity contribution < 1.29 is 4.92 Å². The van der Waals surface area contributed by atoms with Crippen molar-refractivity contribution in [2.45, 2.75) is 13.3 Å². The maximum absolute atomic E-state index is 10.2. The minimum Gasteiger partial charge on any atom is -0.264 e. The van der Waals surface area contributed by atoms with Crippen LogP contribution in [0.5, 0.6) is 0 Å². The lowest BCUT2D eigenvalue weighted by atomic mass is 9.83. The highest BCUT2D eigenvalue weighted by Crippen LogP contribution is 2.28. The Morgan fingerprint density at radius 1 is 1.85 bits per heavy atom. The average molecular weight is 178 g/mol. The largest absolute Gasteiger partial charge is 0.264 e. The summed E-state index contributed by atoms with van der Waals surface area (Å²) in [6.07, 6.45) is 5.70. The van der Waals surface area contributed by atoms with Crippen LogP contribution in [0.15, 0.2) is 23.8 Å². The number of rotatable bonds is 2. The van der Waals surface area contributed by atoms with Crippen molar-refractivity contribution in [2.24, 2.45) is 5.41 Å². The molecule has 1 aliphatic carbocycles. The van der Waals surface area contributed by atoms with Gasteiger partial charge in [-0.1, -0.05) is 18.2 Å². The van der Waals surface area contributed by atoms with Gasteiger partial charge >= 0.3 is 0 Å². The lowest BCUT2D eigenvalue weighted by Gasteiger charge is -2.18. The SMILES string of the molecule is CC1(C#N)C=CC(C[N+](=O)[O-])=CC1. The Morgan fingerprint density at radius 3 is 2.92 bits per heavy atom. The maximum atomic E-state index is 10.2. The fourth-order valence-corrected chi connectivity index (χ4v) is 1.12. The van der Waals surface area contributed by atoms with Crippen molar-refractivity contribution in [1.29, 1.82) is 5.26 Å². The third-order valence-corrected chi connectivity index (χ3v) is 2.02. The zero-order valence-corrected chi connectivity index (χ0v) is 7.36. The molecule has 0 amide bonds. The molecule has 0 aromatic heterocycles. The van der Waals surface area contributed by atoms with Gasteiger partial charge in [-0.25, -0.2) is 0 Å². The highest BCUT2D eigenvalue weighted by molar-refractivity contribution is 5.30. The number of nitriles is 1. The molecule has 0 aliphatic heterocycles. The van der Waals surface area contributed by atoms with E-state index < -0.39 is 5.41 Å². The molecular weight excluding hydrogens is 168 g/mol. The summed E-state index contributed by atoms with van der Waals surface area (Å²) in [6.45, 7) is 1.65. The summed E-state index contributed by atoms with van der Waals surface area (Å²) in [5, 5.41) is 18.9. The molecule has 0 N–H and O–H groups in total. The molecule has 0 bridgehead atoms. The van der Waals surface area contributed by atoms with Gasteiger partial charge in [0, 0.05) is 10.5 Å². The van der Waals surface area contributed by atoms with Crippen molar-refractivity contribution >= 4 is 0 Å². The highest BCUT2D eigenvalue weighted by Gasteiger charge is 2.22. The Balaban J connectivity index is 2.66. The van der Waals surface area contributed by atoms with Crippen molar-refractivity contribution in [3.8, 4) is 6.07 Å². The number of nitrogens with zero attached hydrogens (tertiary/aromatic N) is 2. The minimum absolute atomic E-state index is 0.155. The Hall–Kier alpha value is -1.63. The highest BCUT2D eigenvalue weighted by atomic mass is 16.6. The van der Waals surface area contributed by atoms with Crippen LogP contribution in [0.3, 0.4) is 0 Å². The van der Waals surface area contributed by atoms with E-state index in [1.54, 1.807) is 18.2 Å². The molecule has 0 aromatic carbocycles. The van der Waals surface area contributed by atoms with Crippen molar-refractivity contribution in [1.82, 2.24) is 0 Å². The summed E-state index contributed by atoms with van der Waals surface area (Å²) in [4.78, 5) is 9.79. The van der Waals surface area contributed by atoms with Crippen LogP contribution in [0.1, 0.15) is 13.3 Å². The van der Waals surface area contributed by atoms with Gasteiger partial charge in [-0.05, 0) is 13.3 Å². The van der Waals surface area contributed by atoms with Gasteiger partial charge in [0.25, 0.3) is 0 Å². The smallest absolute Gasteiger partial charge is 0.228 e. The molecule has 0 heterocycles. The molecule has 0 radical (unpaired) electrons. The van der Waals surface area contributed by atoms with Crippen LogP contribution in [0.2, 0.25) is 0 Å². The van der Waals surface area contributed by atoms with Gasteiger partial charge in [0.15, 0.2) is 0 Å². The van der Waals surface area contributed by atoms with E-state index in [0.717, 1.165) is 0 Å². The third-order valence-electron chi connectivity index (χ3n) is 2.02. The normalized spacial score (nSPS) is 26.3. The van der Waals surface area contributed by atoms with Crippen LogP contribution in [0.4, 0.5) is 0 Å². The first-order valence-corrected chi connectivity index (χ1v) is 3.97. The Kier molecular flexibility index (Phi) is 2.47. The zero-order chi connectivity index (χ0) is 9.90. The molecule has 13 heavy (non-hydrogen) atoms. The first kappa shape index (κ1) is 9.46. The number of hydrogen-bond acceptors (Lipinski definition) is 3. The second kappa shape index (κ2) is 3.40. The first-order valence-electron chi connectivity index (χ1n) is 3.97. The van der Waals surface area contributed by atoms with Gasteiger partial charge in [0.2, 0.25) is 6.54 Å². The van der Waals surface area contributed by atoms with E-state index in [-0.39, 0.29) is 11.5 Å². The monoisotopic (exact) mass is 178 g/mol. The summed E-state index contributed by atoms with van der Waals surface area (Å²) in [6, 6.07) is 2.15. The van der Waals surface area contributed by atoms with E-state index in [0.29, 0.717) is 12.0 Å². The second-order valence-corrected chi connectivity index (χ2v) is 3.34. The molecule has 68 valence electrons. The van der Waals surface area contributed by atoms with Crippen LogP contribution in [-0.2, 0) is 0 Å². The van der Waals surface area contributed by atoms with Crippen LogP contribution in [-0.4, -0.2) is 11.5 Å². The maximum Gasteiger partial charge on any atom is 0.228 e. The molecule has 0 fully saturated rings. The van der Waals surface area contributed by atoms with Gasteiger partial charge in [-0.15, -0.1) is 0 Å². The molecule has 0 saturated heterocycles. The van der Waals surface area contributed by atoms with E-state index >= 15 is 0 Å². The summed E-state index contributed by atoms with van der Waals surface area (Å²) in [5.41, 5.74) is 0.192. The van der Waals surface area contributed by atoms with Crippen molar-refractivity contribution in [2.75, 3.05) is 6.54 Å². The van der Waals surface area contributed by atoms with E-state index in [9.17, 15) is 10.1 Å². The average Bonchev–Trinajstić information content (AvgIpc) is 2.09. The van der Waals surface area contributed by atoms with E-state index in [1.165, 1.54) is 0 Å². The number of hydrogen-bond donors (Lipinski definition) is 0. The molecule has 0 aromatic rings. The Bertz CT molecular complexity index is 325. The van der Waals surface area contributed by atoms with E-state index in [4.69, 9.17) is 5.26 Å². The van der Waals surface area contributed by atoms with Crippen LogP contribution < -0.4 is 0 Å². The molecule has 1 aliphatic rings. The fraction of sp³-hybridized carbons (Fsp3) is 0.444. The van der Waals surface area contributed by atoms with Crippen LogP contribution >= 0.6 is 0 Å². The molecule has 1 atom stereocenters. The molecule has 4 heteroatoms. The van der Waals surface area contributed by atoms with E-state index in [2.05, 4.69) is 6.07 Å². The quantitative estimate of drug-likeness (QED) is 0.477. The Labute approximate surface area is 76.3 Å².